The van der Waals surface area contributed by atoms with Gasteiger partial charge in [-0.3, -0.25) is 14.5 Å². The van der Waals surface area contributed by atoms with E-state index >= 15 is 0 Å². The van der Waals surface area contributed by atoms with Gasteiger partial charge in [0.2, 0.25) is 0 Å². The van der Waals surface area contributed by atoms with E-state index < -0.39 is 24.0 Å². The Morgan fingerprint density at radius 1 is 1.21 bits per heavy atom. The lowest BCUT2D eigenvalue weighted by molar-refractivity contribution is -0.142. The summed E-state index contributed by atoms with van der Waals surface area (Å²) in [6.45, 7) is -1.32. The highest BCUT2D eigenvalue weighted by atomic mass is 35.5. The topological polar surface area (TPSA) is 94.8 Å². The van der Waals surface area contributed by atoms with E-state index in [2.05, 4.69) is 15.1 Å². The van der Waals surface area contributed by atoms with Crippen molar-refractivity contribution in [3.63, 3.8) is 0 Å². The first-order chi connectivity index (χ1) is 16.1. The van der Waals surface area contributed by atoms with Crippen molar-refractivity contribution in [1.29, 1.82) is 0 Å². The number of ether oxygens (including phenoxy) is 1. The SMILES string of the molecule is COc1ccc(Cl)c(-c2cc3[nH]c(=O)n(-c4cncc5cn(CC(F)(F)F)nc45)c(=O)c3s2)c1. The van der Waals surface area contributed by atoms with Crippen molar-refractivity contribution in [2.45, 2.75) is 12.7 Å². The van der Waals surface area contributed by atoms with Crippen molar-refractivity contribution in [3.8, 4) is 21.9 Å². The number of halogens is 4. The van der Waals surface area contributed by atoms with Crippen LogP contribution in [0.1, 0.15) is 0 Å². The van der Waals surface area contributed by atoms with Crippen LogP contribution < -0.4 is 16.0 Å². The highest BCUT2D eigenvalue weighted by Gasteiger charge is 2.29. The third-order valence-electron chi connectivity index (χ3n) is 5.04. The summed E-state index contributed by atoms with van der Waals surface area (Å²) < 4.78 is 45.4. The first-order valence-corrected chi connectivity index (χ1v) is 10.8. The van der Waals surface area contributed by atoms with Crippen LogP contribution in [0.4, 0.5) is 13.2 Å². The monoisotopic (exact) mass is 507 g/mol. The van der Waals surface area contributed by atoms with Crippen LogP contribution in [0.3, 0.4) is 0 Å². The summed E-state index contributed by atoms with van der Waals surface area (Å²) in [5.74, 6) is 0.565. The third kappa shape index (κ3) is 3.84. The molecular formula is C21H13ClF3N5O3S. The molecule has 0 saturated carbocycles. The molecule has 0 amide bonds. The van der Waals surface area contributed by atoms with Gasteiger partial charge in [-0.25, -0.2) is 9.36 Å². The first-order valence-electron chi connectivity index (χ1n) is 9.66. The third-order valence-corrected chi connectivity index (χ3v) is 6.52. The Balaban J connectivity index is 1.70. The number of nitrogens with one attached hydrogen (secondary N) is 1. The zero-order valence-corrected chi connectivity index (χ0v) is 18.8. The van der Waals surface area contributed by atoms with E-state index in [9.17, 15) is 22.8 Å². The Morgan fingerprint density at radius 3 is 2.74 bits per heavy atom. The van der Waals surface area contributed by atoms with Crippen molar-refractivity contribution in [2.75, 3.05) is 7.11 Å². The standard InChI is InChI=1S/C21H13ClF3N5O3S/c1-33-11-2-3-13(22)12(4-11)16-5-14-18(34-16)19(31)30(20(32)27-14)15-7-26-6-10-8-29(28-17(10)15)9-21(23,24)25/h2-8H,9H2,1H3,(H,27,32). The van der Waals surface area contributed by atoms with Crippen LogP contribution in [0, 0.1) is 0 Å². The second-order valence-corrected chi connectivity index (χ2v) is 8.77. The Hall–Kier alpha value is -3.64. The minimum atomic E-state index is -4.49. The van der Waals surface area contributed by atoms with Gasteiger partial charge in [0.25, 0.3) is 5.56 Å². The molecule has 0 spiro atoms. The average molecular weight is 508 g/mol. The predicted octanol–water partition coefficient (Wildman–Crippen LogP) is 4.38. The molecule has 1 aromatic carbocycles. The molecule has 174 valence electrons. The maximum atomic E-state index is 13.3. The van der Waals surface area contributed by atoms with E-state index in [-0.39, 0.29) is 21.3 Å². The van der Waals surface area contributed by atoms with Gasteiger partial charge in [0.15, 0.2) is 0 Å². The Morgan fingerprint density at radius 2 is 2.00 bits per heavy atom. The van der Waals surface area contributed by atoms with Crippen LogP contribution in [0.15, 0.2) is 52.4 Å². The molecule has 13 heteroatoms. The average Bonchev–Trinajstić information content (AvgIpc) is 3.37. The summed E-state index contributed by atoms with van der Waals surface area (Å²) >= 11 is 7.43. The number of pyridine rings is 1. The van der Waals surface area contributed by atoms with Gasteiger partial charge in [-0.2, -0.15) is 18.3 Å². The number of fused-ring (bicyclic) bond motifs is 2. The number of hydrogen-bond acceptors (Lipinski definition) is 6. The molecule has 5 rings (SSSR count). The van der Waals surface area contributed by atoms with E-state index in [1.54, 1.807) is 24.3 Å². The van der Waals surface area contributed by atoms with Crippen LogP contribution >= 0.6 is 22.9 Å². The van der Waals surface area contributed by atoms with E-state index in [0.717, 1.165) is 22.1 Å². The Labute approximate surface area is 196 Å². The molecule has 0 saturated heterocycles. The molecule has 0 aliphatic heterocycles. The molecular weight excluding hydrogens is 495 g/mol. The summed E-state index contributed by atoms with van der Waals surface area (Å²) in [6.07, 6.45) is -0.809. The number of methoxy groups -OCH3 is 1. The fourth-order valence-electron chi connectivity index (χ4n) is 3.59. The highest BCUT2D eigenvalue weighted by molar-refractivity contribution is 7.22. The molecule has 0 aliphatic rings. The molecule has 0 aliphatic carbocycles. The second-order valence-electron chi connectivity index (χ2n) is 7.31. The lowest BCUT2D eigenvalue weighted by Crippen LogP contribution is -2.33. The van der Waals surface area contributed by atoms with E-state index in [4.69, 9.17) is 16.3 Å². The number of rotatable bonds is 4. The molecule has 0 unspecified atom stereocenters. The van der Waals surface area contributed by atoms with Gasteiger partial charge in [0, 0.05) is 33.2 Å². The fraction of sp³-hybridized carbons (Fsp3) is 0.143. The quantitative estimate of drug-likeness (QED) is 0.389. The molecule has 1 N–H and O–H groups in total. The minimum absolute atomic E-state index is 0.0269. The fourth-order valence-corrected chi connectivity index (χ4v) is 4.94. The molecule has 0 atom stereocenters. The van der Waals surface area contributed by atoms with Gasteiger partial charge in [0.1, 0.15) is 28.2 Å². The van der Waals surface area contributed by atoms with Crippen molar-refractivity contribution in [1.82, 2.24) is 24.3 Å². The van der Waals surface area contributed by atoms with E-state index in [1.807, 2.05) is 0 Å². The summed E-state index contributed by atoms with van der Waals surface area (Å²) in [4.78, 5) is 33.4. The molecule has 0 bridgehead atoms. The van der Waals surface area contributed by atoms with Gasteiger partial charge in [-0.15, -0.1) is 11.3 Å². The number of thiophene rings is 1. The summed E-state index contributed by atoms with van der Waals surface area (Å²) in [7, 11) is 1.51. The van der Waals surface area contributed by atoms with Gasteiger partial charge in [-0.1, -0.05) is 11.6 Å². The van der Waals surface area contributed by atoms with Crippen LogP contribution in [0.5, 0.6) is 5.75 Å². The molecule has 0 radical (unpaired) electrons. The van der Waals surface area contributed by atoms with Gasteiger partial charge in [0.05, 0.1) is 18.8 Å². The highest BCUT2D eigenvalue weighted by Crippen LogP contribution is 2.37. The van der Waals surface area contributed by atoms with Gasteiger partial charge < -0.3 is 9.72 Å². The number of aromatic nitrogens is 5. The van der Waals surface area contributed by atoms with Crippen molar-refractivity contribution in [2.24, 2.45) is 0 Å². The smallest absolute Gasteiger partial charge is 0.408 e. The van der Waals surface area contributed by atoms with Crippen LogP contribution in [-0.4, -0.2) is 37.6 Å². The number of alkyl halides is 3. The molecule has 34 heavy (non-hydrogen) atoms. The number of benzene rings is 1. The Bertz CT molecular complexity index is 1690. The lowest BCUT2D eigenvalue weighted by atomic mass is 10.2. The number of H-pyrrole nitrogens is 1. The van der Waals surface area contributed by atoms with Crippen molar-refractivity contribution < 1.29 is 17.9 Å². The van der Waals surface area contributed by atoms with Gasteiger partial charge >= 0.3 is 11.9 Å². The summed E-state index contributed by atoms with van der Waals surface area (Å²) in [5.41, 5.74) is -0.511. The summed E-state index contributed by atoms with van der Waals surface area (Å²) in [5, 5.41) is 4.62. The number of hydrogen-bond donors (Lipinski definition) is 1. The molecule has 8 nitrogen and oxygen atoms in total. The van der Waals surface area contributed by atoms with Crippen LogP contribution in [0.2, 0.25) is 5.02 Å². The van der Waals surface area contributed by atoms with Crippen LogP contribution in [0.25, 0.3) is 37.2 Å². The second kappa shape index (κ2) is 7.99. The zero-order chi connectivity index (χ0) is 24.2. The number of aromatic amines is 1. The summed E-state index contributed by atoms with van der Waals surface area (Å²) in [6, 6.07) is 6.69. The largest absolute Gasteiger partial charge is 0.497 e. The van der Waals surface area contributed by atoms with Crippen molar-refractivity contribution in [3.05, 3.63) is 68.7 Å². The molecule has 0 fully saturated rings. The maximum absolute atomic E-state index is 13.3. The number of nitrogens with zero attached hydrogens (tertiary/aromatic N) is 4. The molecule has 4 aromatic heterocycles. The minimum Gasteiger partial charge on any atom is -0.497 e. The van der Waals surface area contributed by atoms with Crippen molar-refractivity contribution >= 4 is 44.1 Å². The first kappa shape index (κ1) is 22.2. The Kier molecular flexibility index (Phi) is 5.21. The predicted molar refractivity (Wildman–Crippen MR) is 122 cm³/mol. The molecule has 5 aromatic rings. The van der Waals surface area contributed by atoms with E-state index in [1.165, 1.54) is 19.5 Å². The molecule has 4 heterocycles. The maximum Gasteiger partial charge on any atom is 0.408 e. The van der Waals surface area contributed by atoms with Crippen LogP contribution in [-0.2, 0) is 6.54 Å². The normalized spacial score (nSPS) is 12.0. The van der Waals surface area contributed by atoms with Gasteiger partial charge in [-0.05, 0) is 24.3 Å². The zero-order valence-electron chi connectivity index (χ0n) is 17.2. The lowest BCUT2D eigenvalue weighted by Gasteiger charge is -2.06. The van der Waals surface area contributed by atoms with E-state index in [0.29, 0.717) is 31.4 Å².